The number of carbonyl (C=O) groups excluding carboxylic acids is 1. The molecule has 1 aliphatic heterocycles. The van der Waals surface area contributed by atoms with Gasteiger partial charge in [0.15, 0.2) is 0 Å². The molecule has 0 bridgehead atoms. The number of nitrogens with one attached hydrogen (secondary N) is 2. The number of hydrogen-bond donors (Lipinski definition) is 2. The van der Waals surface area contributed by atoms with E-state index in [-0.39, 0.29) is 5.69 Å². The van der Waals surface area contributed by atoms with Crippen LogP contribution in [0.2, 0.25) is 0 Å². The number of fused-ring (bicyclic) bond motifs is 1. The highest BCUT2D eigenvalue weighted by Gasteiger charge is 2.47. The van der Waals surface area contributed by atoms with Crippen LogP contribution in [0.25, 0.3) is 22.3 Å². The fraction of sp³-hybridized carbons (Fsp3) is 0.0952. The summed E-state index contributed by atoms with van der Waals surface area (Å²) in [7, 11) is 0. The Kier molecular flexibility index (Phi) is 4.11. The van der Waals surface area contributed by atoms with Gasteiger partial charge in [-0.25, -0.2) is 0 Å². The molecule has 4 rings (SSSR count). The molecule has 1 heterocycles. The van der Waals surface area contributed by atoms with Crippen LogP contribution in [-0.2, 0) is 4.79 Å². The van der Waals surface area contributed by atoms with Crippen LogP contribution >= 0.6 is 0 Å². The summed E-state index contributed by atoms with van der Waals surface area (Å²) < 4.78 is 39.4. The first-order chi connectivity index (χ1) is 12.9. The smallest absolute Gasteiger partial charge is 0.365 e. The summed E-state index contributed by atoms with van der Waals surface area (Å²) in [6, 6.07) is 20.0. The molecule has 27 heavy (non-hydrogen) atoms. The predicted molar refractivity (Wildman–Crippen MR) is 99.4 cm³/mol. The molecule has 1 amide bonds. The molecule has 136 valence electrons. The molecule has 3 aromatic rings. The van der Waals surface area contributed by atoms with E-state index in [1.54, 1.807) is 12.1 Å². The predicted octanol–water partition coefficient (Wildman–Crippen LogP) is 5.32. The zero-order chi connectivity index (χ0) is 19.0. The molecule has 3 aromatic carbocycles. The standard InChI is InChI=1S/C21H15F3N2O/c22-21(23,24)19-20(27)26-18-12-16(14-9-5-2-6-10-14)15(11-17(18)25-19)13-7-3-1-4-8-13/h1-12,19,25H,(H,26,27)/t19-/m1/s1. The third-order valence-electron chi connectivity index (χ3n) is 4.47. The van der Waals surface area contributed by atoms with E-state index in [2.05, 4.69) is 10.6 Å². The maximum Gasteiger partial charge on any atom is 0.417 e. The lowest BCUT2D eigenvalue weighted by atomic mass is 9.92. The van der Waals surface area contributed by atoms with Crippen LogP contribution in [0.4, 0.5) is 24.5 Å². The topological polar surface area (TPSA) is 41.1 Å². The van der Waals surface area contributed by atoms with E-state index in [9.17, 15) is 18.0 Å². The number of benzene rings is 3. The minimum atomic E-state index is -4.67. The van der Waals surface area contributed by atoms with Crippen molar-refractivity contribution in [3.63, 3.8) is 0 Å². The first-order valence-electron chi connectivity index (χ1n) is 8.36. The van der Waals surface area contributed by atoms with E-state index < -0.39 is 18.1 Å². The first kappa shape index (κ1) is 17.1. The highest BCUT2D eigenvalue weighted by Crippen LogP contribution is 2.41. The van der Waals surface area contributed by atoms with E-state index in [4.69, 9.17) is 0 Å². The van der Waals surface area contributed by atoms with Crippen molar-refractivity contribution in [2.75, 3.05) is 10.6 Å². The molecule has 3 nitrogen and oxygen atoms in total. The van der Waals surface area contributed by atoms with Crippen molar-refractivity contribution in [2.24, 2.45) is 0 Å². The van der Waals surface area contributed by atoms with Gasteiger partial charge in [0.05, 0.1) is 11.4 Å². The molecular formula is C21H15F3N2O. The second-order valence-electron chi connectivity index (χ2n) is 6.28. The van der Waals surface area contributed by atoms with Gasteiger partial charge in [-0.1, -0.05) is 60.7 Å². The SMILES string of the molecule is O=C1Nc2cc(-c3ccccc3)c(-c3ccccc3)cc2N[C@H]1C(F)(F)F. The highest BCUT2D eigenvalue weighted by atomic mass is 19.4. The summed E-state index contributed by atoms with van der Waals surface area (Å²) in [5, 5.41) is 4.72. The number of carbonyl (C=O) groups is 1. The number of alkyl halides is 3. The van der Waals surface area contributed by atoms with Crippen LogP contribution in [0.3, 0.4) is 0 Å². The van der Waals surface area contributed by atoms with Crippen LogP contribution in [0.5, 0.6) is 0 Å². The minimum Gasteiger partial charge on any atom is -0.365 e. The number of hydrogen-bond acceptors (Lipinski definition) is 2. The Morgan fingerprint density at radius 3 is 1.70 bits per heavy atom. The lowest BCUT2D eigenvalue weighted by molar-refractivity contribution is -0.156. The van der Waals surface area contributed by atoms with Crippen molar-refractivity contribution in [2.45, 2.75) is 12.2 Å². The molecule has 0 radical (unpaired) electrons. The molecule has 0 saturated heterocycles. The van der Waals surface area contributed by atoms with Crippen LogP contribution in [0.1, 0.15) is 0 Å². The van der Waals surface area contributed by atoms with Gasteiger partial charge in [-0.05, 0) is 34.4 Å². The fourth-order valence-corrected chi connectivity index (χ4v) is 3.19. The van der Waals surface area contributed by atoms with E-state index in [1.165, 1.54) is 0 Å². The summed E-state index contributed by atoms with van der Waals surface area (Å²) in [6.45, 7) is 0. The van der Waals surface area contributed by atoms with Crippen molar-refractivity contribution in [1.82, 2.24) is 0 Å². The summed E-state index contributed by atoms with van der Waals surface area (Å²) in [5.41, 5.74) is 3.97. The third kappa shape index (κ3) is 3.26. The zero-order valence-corrected chi connectivity index (χ0v) is 14.0. The molecule has 0 aliphatic carbocycles. The minimum absolute atomic E-state index is 0.246. The summed E-state index contributed by atoms with van der Waals surface area (Å²) in [6.07, 6.45) is -4.67. The van der Waals surface area contributed by atoms with Crippen molar-refractivity contribution >= 4 is 17.3 Å². The molecular weight excluding hydrogens is 353 g/mol. The number of halogens is 3. The number of rotatable bonds is 2. The Morgan fingerprint density at radius 2 is 1.22 bits per heavy atom. The Labute approximate surface area is 153 Å². The first-order valence-corrected chi connectivity index (χ1v) is 8.36. The number of anilines is 2. The van der Waals surface area contributed by atoms with Gasteiger partial charge in [0, 0.05) is 0 Å². The Balaban J connectivity index is 1.89. The maximum atomic E-state index is 13.1. The quantitative estimate of drug-likeness (QED) is 0.643. The monoisotopic (exact) mass is 368 g/mol. The van der Waals surface area contributed by atoms with Crippen molar-refractivity contribution in [3.8, 4) is 22.3 Å². The van der Waals surface area contributed by atoms with Gasteiger partial charge in [-0.3, -0.25) is 4.79 Å². The van der Waals surface area contributed by atoms with Gasteiger partial charge in [0.25, 0.3) is 5.91 Å². The van der Waals surface area contributed by atoms with E-state index in [0.29, 0.717) is 5.69 Å². The molecule has 1 atom stereocenters. The van der Waals surface area contributed by atoms with Crippen LogP contribution in [-0.4, -0.2) is 18.1 Å². The Bertz CT molecular complexity index is 986. The van der Waals surface area contributed by atoms with E-state index in [0.717, 1.165) is 22.3 Å². The van der Waals surface area contributed by atoms with Gasteiger partial charge in [-0.15, -0.1) is 0 Å². The summed E-state index contributed by atoms with van der Waals surface area (Å²) >= 11 is 0. The molecule has 0 aromatic heterocycles. The van der Waals surface area contributed by atoms with Gasteiger partial charge >= 0.3 is 6.18 Å². The average Bonchev–Trinajstić information content (AvgIpc) is 2.67. The van der Waals surface area contributed by atoms with Crippen molar-refractivity contribution < 1.29 is 18.0 Å². The van der Waals surface area contributed by atoms with Gasteiger partial charge in [0.1, 0.15) is 0 Å². The summed E-state index contributed by atoms with van der Waals surface area (Å²) in [5.74, 6) is -1.11. The Morgan fingerprint density at radius 1 is 0.741 bits per heavy atom. The molecule has 1 aliphatic rings. The lowest BCUT2D eigenvalue weighted by Crippen LogP contribution is -2.48. The van der Waals surface area contributed by atoms with Crippen molar-refractivity contribution in [1.29, 1.82) is 0 Å². The fourth-order valence-electron chi connectivity index (χ4n) is 3.19. The molecule has 6 heteroatoms. The number of amides is 1. The Hall–Kier alpha value is -3.28. The summed E-state index contributed by atoms with van der Waals surface area (Å²) in [4.78, 5) is 11.9. The maximum absolute atomic E-state index is 13.1. The van der Waals surface area contributed by atoms with Crippen molar-refractivity contribution in [3.05, 3.63) is 72.8 Å². The largest absolute Gasteiger partial charge is 0.417 e. The van der Waals surface area contributed by atoms with Crippen LogP contribution in [0.15, 0.2) is 72.8 Å². The third-order valence-corrected chi connectivity index (χ3v) is 4.47. The molecule has 2 N–H and O–H groups in total. The van der Waals surface area contributed by atoms with E-state index >= 15 is 0 Å². The normalized spacial score (nSPS) is 16.3. The van der Waals surface area contributed by atoms with Gasteiger partial charge in [0.2, 0.25) is 6.04 Å². The lowest BCUT2D eigenvalue weighted by Gasteiger charge is -2.29. The molecule has 0 spiro atoms. The molecule has 0 fully saturated rings. The molecule has 0 saturated carbocycles. The van der Waals surface area contributed by atoms with E-state index in [1.807, 2.05) is 60.7 Å². The highest BCUT2D eigenvalue weighted by molar-refractivity contribution is 6.06. The molecule has 0 unspecified atom stereocenters. The van der Waals surface area contributed by atoms with Crippen LogP contribution < -0.4 is 10.6 Å². The second kappa shape index (κ2) is 6.46. The zero-order valence-electron chi connectivity index (χ0n) is 14.0. The second-order valence-corrected chi connectivity index (χ2v) is 6.28. The van der Waals surface area contributed by atoms with Gasteiger partial charge < -0.3 is 10.6 Å². The van der Waals surface area contributed by atoms with Crippen LogP contribution in [0, 0.1) is 0 Å². The van der Waals surface area contributed by atoms with Gasteiger partial charge in [-0.2, -0.15) is 13.2 Å². The average molecular weight is 368 g/mol.